The van der Waals surface area contributed by atoms with Gasteiger partial charge in [0, 0.05) is 35.7 Å². The second-order valence-corrected chi connectivity index (χ2v) is 7.79. The Bertz CT molecular complexity index is 1350. The fraction of sp³-hybridized carbons (Fsp3) is 0.286. The third kappa shape index (κ3) is 3.41. The van der Waals surface area contributed by atoms with Crippen LogP contribution in [-0.4, -0.2) is 50.1 Å². The topological polar surface area (TPSA) is 126 Å². The molecule has 3 aromatic heterocycles. The monoisotopic (exact) mass is 435 g/mol. The number of fused-ring (bicyclic) bond motifs is 2. The number of piperazine rings is 1. The molecule has 0 aliphatic carbocycles. The molecule has 4 heterocycles. The second-order valence-electron chi connectivity index (χ2n) is 7.79. The zero-order valence-electron chi connectivity index (χ0n) is 17.6. The van der Waals surface area contributed by atoms with Crippen molar-refractivity contribution < 1.29 is 9.18 Å². The van der Waals surface area contributed by atoms with Gasteiger partial charge >= 0.3 is 0 Å². The fourth-order valence-electron chi connectivity index (χ4n) is 3.96. The van der Waals surface area contributed by atoms with Gasteiger partial charge in [0.15, 0.2) is 5.65 Å². The molecule has 10 nitrogen and oxygen atoms in total. The van der Waals surface area contributed by atoms with Crippen molar-refractivity contribution >= 4 is 40.2 Å². The number of benzene rings is 1. The molecular weight excluding hydrogens is 413 g/mol. The lowest BCUT2D eigenvalue weighted by molar-refractivity contribution is -0.120. The van der Waals surface area contributed by atoms with Crippen molar-refractivity contribution in [1.29, 1.82) is 0 Å². The number of hydrogen-bond donors (Lipinski definition) is 3. The maximum atomic E-state index is 14.2. The highest BCUT2D eigenvalue weighted by molar-refractivity contribution is 5.87. The fourth-order valence-corrected chi connectivity index (χ4v) is 3.96. The molecule has 32 heavy (non-hydrogen) atoms. The van der Waals surface area contributed by atoms with Gasteiger partial charge in [-0.1, -0.05) is 0 Å². The van der Waals surface area contributed by atoms with Crippen LogP contribution in [0.5, 0.6) is 0 Å². The molecule has 0 unspecified atom stereocenters. The summed E-state index contributed by atoms with van der Waals surface area (Å²) in [6, 6.07) is 6.58. The number of carbonyl (C=O) groups is 1. The molecule has 0 saturated carbocycles. The van der Waals surface area contributed by atoms with Crippen LogP contribution in [0.1, 0.15) is 24.1 Å². The van der Waals surface area contributed by atoms with Crippen molar-refractivity contribution in [3.8, 4) is 0 Å². The van der Waals surface area contributed by atoms with Crippen LogP contribution in [0.4, 0.5) is 22.1 Å². The molecule has 4 aromatic rings. The standard InChI is InChI=1S/C21H22FN9O/c1-11-15(22)4-3-13-9-14(19(28-18(11)13)30-8-7-24-17(32)10-30)12(2)26-21-29-20(23)27-16-5-6-25-31(16)21/h3-6,9,12H,7-8,10H2,1-2H3,(H,24,32)(H3,23,26,27,29)/t12-/m0/s1. The Balaban J connectivity index is 1.62. The summed E-state index contributed by atoms with van der Waals surface area (Å²) in [5, 5.41) is 11.2. The maximum absolute atomic E-state index is 14.2. The number of halogens is 1. The van der Waals surface area contributed by atoms with E-state index in [2.05, 4.69) is 25.7 Å². The Labute approximate surface area is 182 Å². The predicted octanol–water partition coefficient (Wildman–Crippen LogP) is 1.81. The van der Waals surface area contributed by atoms with Crippen molar-refractivity contribution in [3.05, 3.63) is 47.4 Å². The first-order valence-corrected chi connectivity index (χ1v) is 10.3. The number of nitrogens with zero attached hydrogens (tertiary/aromatic N) is 6. The van der Waals surface area contributed by atoms with E-state index in [0.29, 0.717) is 41.6 Å². The Hall–Kier alpha value is -4.02. The SMILES string of the molecule is Cc1c(F)ccc2cc([C@H](C)Nc3nc(N)nc4ccnn34)c(N3CCNC(=O)C3)nc12. The highest BCUT2D eigenvalue weighted by atomic mass is 19.1. The first-order chi connectivity index (χ1) is 15.4. The van der Waals surface area contributed by atoms with Crippen molar-refractivity contribution in [1.82, 2.24) is 29.9 Å². The van der Waals surface area contributed by atoms with Gasteiger partial charge in [0.2, 0.25) is 17.8 Å². The van der Waals surface area contributed by atoms with Gasteiger partial charge in [0.1, 0.15) is 11.6 Å². The first kappa shape index (κ1) is 19.9. The normalized spacial score (nSPS) is 15.2. The van der Waals surface area contributed by atoms with Crippen LogP contribution in [0.25, 0.3) is 16.6 Å². The predicted molar refractivity (Wildman–Crippen MR) is 119 cm³/mol. The number of nitrogens with one attached hydrogen (secondary N) is 2. The van der Waals surface area contributed by atoms with Crippen LogP contribution in [0.3, 0.4) is 0 Å². The average Bonchev–Trinajstić information content (AvgIpc) is 3.24. The zero-order valence-corrected chi connectivity index (χ0v) is 17.6. The smallest absolute Gasteiger partial charge is 0.239 e. The second kappa shape index (κ2) is 7.59. The Kier molecular flexibility index (Phi) is 4.72. The largest absolute Gasteiger partial charge is 0.368 e. The maximum Gasteiger partial charge on any atom is 0.239 e. The van der Waals surface area contributed by atoms with Crippen LogP contribution in [-0.2, 0) is 4.79 Å². The number of hydrogen-bond acceptors (Lipinski definition) is 8. The molecule has 1 fully saturated rings. The van der Waals surface area contributed by atoms with Crippen LogP contribution in [0, 0.1) is 12.7 Å². The molecule has 0 spiro atoms. The van der Waals surface area contributed by atoms with Gasteiger partial charge in [-0.25, -0.2) is 9.37 Å². The van der Waals surface area contributed by atoms with E-state index in [4.69, 9.17) is 10.7 Å². The minimum absolute atomic E-state index is 0.0810. The summed E-state index contributed by atoms with van der Waals surface area (Å²) in [5.41, 5.74) is 8.32. The highest BCUT2D eigenvalue weighted by Crippen LogP contribution is 2.32. The van der Waals surface area contributed by atoms with E-state index in [1.165, 1.54) is 6.07 Å². The number of amides is 1. The number of pyridine rings is 1. The molecule has 1 aliphatic rings. The lowest BCUT2D eigenvalue weighted by Gasteiger charge is -2.31. The van der Waals surface area contributed by atoms with E-state index in [1.54, 1.807) is 29.8 Å². The Morgan fingerprint density at radius 3 is 2.91 bits per heavy atom. The molecule has 4 N–H and O–H groups in total. The van der Waals surface area contributed by atoms with Gasteiger partial charge in [0.05, 0.1) is 24.3 Å². The lowest BCUT2D eigenvalue weighted by Crippen LogP contribution is -2.48. The number of nitrogens with two attached hydrogens (primary N) is 1. The van der Waals surface area contributed by atoms with Gasteiger partial charge in [-0.05, 0) is 32.0 Å². The summed E-state index contributed by atoms with van der Waals surface area (Å²) in [5.74, 6) is 0.789. The third-order valence-electron chi connectivity index (χ3n) is 5.61. The number of aryl methyl sites for hydroxylation is 1. The van der Waals surface area contributed by atoms with E-state index < -0.39 is 0 Å². The molecule has 5 rings (SSSR count). The van der Waals surface area contributed by atoms with Crippen molar-refractivity contribution in [2.45, 2.75) is 19.9 Å². The number of rotatable bonds is 4. The molecule has 164 valence electrons. The molecule has 11 heteroatoms. The van der Waals surface area contributed by atoms with Gasteiger partial charge in [-0.3, -0.25) is 4.79 Å². The van der Waals surface area contributed by atoms with E-state index >= 15 is 0 Å². The van der Waals surface area contributed by atoms with Gasteiger partial charge in [-0.2, -0.15) is 19.6 Å². The van der Waals surface area contributed by atoms with Crippen LogP contribution in [0.15, 0.2) is 30.5 Å². The van der Waals surface area contributed by atoms with Crippen molar-refractivity contribution in [2.24, 2.45) is 0 Å². The summed E-state index contributed by atoms with van der Waals surface area (Å²) >= 11 is 0. The highest BCUT2D eigenvalue weighted by Gasteiger charge is 2.24. The summed E-state index contributed by atoms with van der Waals surface area (Å²) < 4.78 is 15.8. The van der Waals surface area contributed by atoms with Crippen LogP contribution >= 0.6 is 0 Å². The number of nitrogen functional groups attached to an aromatic ring is 1. The molecule has 0 bridgehead atoms. The number of anilines is 3. The molecule has 1 saturated heterocycles. The molecule has 1 aromatic carbocycles. The quantitative estimate of drug-likeness (QED) is 0.443. The van der Waals surface area contributed by atoms with Crippen molar-refractivity contribution in [3.63, 3.8) is 0 Å². The third-order valence-corrected chi connectivity index (χ3v) is 5.61. The van der Waals surface area contributed by atoms with E-state index in [1.807, 2.05) is 17.9 Å². The minimum Gasteiger partial charge on any atom is -0.368 e. The summed E-state index contributed by atoms with van der Waals surface area (Å²) in [6.45, 7) is 4.95. The van der Waals surface area contributed by atoms with Gasteiger partial charge in [-0.15, -0.1) is 0 Å². The molecule has 1 aliphatic heterocycles. The molecule has 0 radical (unpaired) electrons. The number of aromatic nitrogens is 5. The van der Waals surface area contributed by atoms with E-state index in [-0.39, 0.29) is 30.3 Å². The van der Waals surface area contributed by atoms with Crippen LogP contribution in [0.2, 0.25) is 0 Å². The van der Waals surface area contributed by atoms with Gasteiger partial charge < -0.3 is 21.3 Å². The van der Waals surface area contributed by atoms with Crippen LogP contribution < -0.4 is 21.3 Å². The lowest BCUT2D eigenvalue weighted by atomic mass is 10.0. The molecule has 1 amide bonds. The summed E-state index contributed by atoms with van der Waals surface area (Å²) in [4.78, 5) is 27.2. The summed E-state index contributed by atoms with van der Waals surface area (Å²) in [7, 11) is 0. The minimum atomic E-state index is -0.316. The molecular formula is C21H22FN9O. The van der Waals surface area contributed by atoms with Crippen molar-refractivity contribution in [2.75, 3.05) is 35.6 Å². The van der Waals surface area contributed by atoms with E-state index in [0.717, 1.165) is 10.9 Å². The zero-order chi connectivity index (χ0) is 22.4. The Morgan fingerprint density at radius 1 is 1.25 bits per heavy atom. The molecule has 1 atom stereocenters. The summed E-state index contributed by atoms with van der Waals surface area (Å²) in [6.07, 6.45) is 1.62. The Morgan fingerprint density at radius 2 is 2.09 bits per heavy atom. The average molecular weight is 435 g/mol. The number of carbonyl (C=O) groups excluding carboxylic acids is 1. The van der Waals surface area contributed by atoms with E-state index in [9.17, 15) is 9.18 Å². The first-order valence-electron chi connectivity index (χ1n) is 10.3. The van der Waals surface area contributed by atoms with Gasteiger partial charge in [0.25, 0.3) is 0 Å².